The molecule has 1 aliphatic carbocycles. The summed E-state index contributed by atoms with van der Waals surface area (Å²) in [5, 5.41) is 25.0. The van der Waals surface area contributed by atoms with Crippen molar-refractivity contribution < 1.29 is 23.8 Å². The molecule has 5 aliphatic rings. The predicted molar refractivity (Wildman–Crippen MR) is 138 cm³/mol. The molecule has 1 saturated carbocycles. The Morgan fingerprint density at radius 3 is 2.62 bits per heavy atom. The Balaban J connectivity index is 1.43. The van der Waals surface area contributed by atoms with E-state index < -0.39 is 29.5 Å². The lowest BCUT2D eigenvalue weighted by Gasteiger charge is -2.56. The highest BCUT2D eigenvalue weighted by Gasteiger charge is 2.57. The average Bonchev–Trinajstić information content (AvgIpc) is 3.53. The fourth-order valence-corrected chi connectivity index (χ4v) is 7.01. The Bertz CT molecular complexity index is 1620. The van der Waals surface area contributed by atoms with Gasteiger partial charge in [0.05, 0.1) is 17.4 Å². The lowest BCUT2D eigenvalue weighted by Crippen LogP contribution is -2.66. The van der Waals surface area contributed by atoms with Crippen molar-refractivity contribution in [3.8, 4) is 16.9 Å². The van der Waals surface area contributed by atoms with Gasteiger partial charge in [-0.15, -0.1) is 0 Å². The molecule has 2 saturated heterocycles. The van der Waals surface area contributed by atoms with Gasteiger partial charge in [-0.05, 0) is 72.6 Å². The highest BCUT2D eigenvalue weighted by Crippen LogP contribution is 2.58. The zero-order chi connectivity index (χ0) is 26.6. The molecule has 4 aliphatic heterocycles. The van der Waals surface area contributed by atoms with Crippen molar-refractivity contribution in [2.45, 2.75) is 44.0 Å². The van der Waals surface area contributed by atoms with Crippen LogP contribution in [0.5, 0.6) is 0 Å². The van der Waals surface area contributed by atoms with Gasteiger partial charge in [-0.3, -0.25) is 9.80 Å². The van der Waals surface area contributed by atoms with Gasteiger partial charge in [-0.1, -0.05) is 24.3 Å². The second kappa shape index (κ2) is 7.80. The van der Waals surface area contributed by atoms with Crippen LogP contribution in [0.4, 0.5) is 8.78 Å². The van der Waals surface area contributed by atoms with Gasteiger partial charge in [0.2, 0.25) is 0 Å². The number of piperidine rings is 1. The van der Waals surface area contributed by atoms with E-state index >= 15 is 4.39 Å². The fraction of sp³-hybridized carbons (Fsp3) is 0.300. The van der Waals surface area contributed by atoms with Gasteiger partial charge in [0, 0.05) is 24.5 Å². The summed E-state index contributed by atoms with van der Waals surface area (Å²) >= 11 is 0. The minimum absolute atomic E-state index is 0.0153. The summed E-state index contributed by atoms with van der Waals surface area (Å²) in [6.45, 7) is 0.517. The molecule has 1 aromatic heterocycles. The van der Waals surface area contributed by atoms with E-state index in [0.717, 1.165) is 43.0 Å². The van der Waals surface area contributed by atoms with E-state index in [-0.39, 0.29) is 28.7 Å². The Hall–Kier alpha value is -3.95. The van der Waals surface area contributed by atoms with E-state index in [1.807, 2.05) is 46.1 Å². The summed E-state index contributed by atoms with van der Waals surface area (Å²) < 4.78 is 32.4. The second-order valence-corrected chi connectivity index (χ2v) is 11.2. The number of halogens is 2. The van der Waals surface area contributed by atoms with Crippen molar-refractivity contribution in [2.24, 2.45) is 5.41 Å². The average molecular weight is 529 g/mol. The molecule has 0 radical (unpaired) electrons. The zero-order valence-corrected chi connectivity index (χ0v) is 21.0. The molecule has 39 heavy (non-hydrogen) atoms. The SMILES string of the molecule is O=C1C2=C(O)C(O)C=CN2N([C@@H]2c3ccccc3-n3cccc3-c3c2ccc(F)c3F)[C@@H]2CC3(CCN12)CC3. The number of aliphatic hydroxyl groups excluding tert-OH is 2. The van der Waals surface area contributed by atoms with Gasteiger partial charge in [-0.2, -0.15) is 5.01 Å². The number of aromatic nitrogens is 1. The molecule has 3 aromatic rings. The number of carbonyl (C=O) groups is 1. The second-order valence-electron chi connectivity index (χ2n) is 11.2. The van der Waals surface area contributed by atoms with Crippen LogP contribution in [-0.4, -0.2) is 54.4 Å². The van der Waals surface area contributed by atoms with Gasteiger partial charge < -0.3 is 19.7 Å². The first-order chi connectivity index (χ1) is 18.9. The Morgan fingerprint density at radius 1 is 0.974 bits per heavy atom. The molecule has 1 amide bonds. The normalized spacial score (nSPS) is 26.5. The van der Waals surface area contributed by atoms with E-state index in [1.54, 1.807) is 28.2 Å². The topological polar surface area (TPSA) is 72.2 Å². The Labute approximate surface area is 223 Å². The Morgan fingerprint density at radius 2 is 1.79 bits per heavy atom. The highest BCUT2D eigenvalue weighted by atomic mass is 19.2. The molecule has 7 nitrogen and oxygen atoms in total. The van der Waals surface area contributed by atoms with Gasteiger partial charge in [0.25, 0.3) is 5.91 Å². The quantitative estimate of drug-likeness (QED) is 0.477. The maximum Gasteiger partial charge on any atom is 0.276 e. The molecule has 198 valence electrons. The van der Waals surface area contributed by atoms with E-state index in [1.165, 1.54) is 6.08 Å². The van der Waals surface area contributed by atoms with Crippen molar-refractivity contribution >= 4 is 5.91 Å². The lowest BCUT2D eigenvalue weighted by molar-refractivity contribution is -0.177. The number of para-hydroxylation sites is 1. The predicted octanol–water partition coefficient (Wildman–Crippen LogP) is 4.74. The van der Waals surface area contributed by atoms with Gasteiger partial charge >= 0.3 is 0 Å². The number of fused-ring (bicyclic) bond motifs is 7. The van der Waals surface area contributed by atoms with Crippen molar-refractivity contribution in [3.63, 3.8) is 0 Å². The van der Waals surface area contributed by atoms with E-state index in [9.17, 15) is 19.4 Å². The molecule has 9 heteroatoms. The summed E-state index contributed by atoms with van der Waals surface area (Å²) in [7, 11) is 0. The molecule has 1 unspecified atom stereocenters. The number of hydrogen-bond acceptors (Lipinski definition) is 5. The fourth-order valence-electron chi connectivity index (χ4n) is 7.01. The van der Waals surface area contributed by atoms with Crippen molar-refractivity contribution in [3.05, 3.63) is 101 Å². The summed E-state index contributed by atoms with van der Waals surface area (Å²) in [4.78, 5) is 15.6. The summed E-state index contributed by atoms with van der Waals surface area (Å²) in [5.74, 6) is -2.63. The smallest absolute Gasteiger partial charge is 0.276 e. The lowest BCUT2D eigenvalue weighted by atomic mass is 9.86. The molecular weight excluding hydrogens is 502 g/mol. The molecule has 0 bridgehead atoms. The molecular formula is C30H26F2N4O3. The monoisotopic (exact) mass is 528 g/mol. The van der Waals surface area contributed by atoms with Crippen LogP contribution in [0.15, 0.2) is 78.5 Å². The summed E-state index contributed by atoms with van der Waals surface area (Å²) in [5.41, 5.74) is 3.05. The van der Waals surface area contributed by atoms with Crippen molar-refractivity contribution in [2.75, 3.05) is 6.54 Å². The third-order valence-corrected chi connectivity index (χ3v) is 9.18. The molecule has 5 heterocycles. The first-order valence-electron chi connectivity index (χ1n) is 13.3. The first kappa shape index (κ1) is 23.0. The third kappa shape index (κ3) is 3.05. The number of rotatable bonds is 1. The van der Waals surface area contributed by atoms with Crippen LogP contribution in [0.2, 0.25) is 0 Å². The van der Waals surface area contributed by atoms with Crippen LogP contribution in [0.25, 0.3) is 16.9 Å². The first-order valence-corrected chi connectivity index (χ1v) is 13.3. The largest absolute Gasteiger partial charge is 0.507 e. The molecule has 2 aromatic carbocycles. The van der Waals surface area contributed by atoms with Crippen LogP contribution in [0, 0.1) is 17.0 Å². The van der Waals surface area contributed by atoms with E-state index in [2.05, 4.69) is 0 Å². The van der Waals surface area contributed by atoms with E-state index in [0.29, 0.717) is 17.8 Å². The number of benzene rings is 2. The zero-order valence-electron chi connectivity index (χ0n) is 21.0. The minimum atomic E-state index is -1.31. The van der Waals surface area contributed by atoms with Gasteiger partial charge in [0.1, 0.15) is 12.3 Å². The highest BCUT2D eigenvalue weighted by molar-refractivity contribution is 5.95. The molecule has 3 atom stereocenters. The van der Waals surface area contributed by atoms with Crippen molar-refractivity contribution in [1.82, 2.24) is 19.5 Å². The number of carbonyl (C=O) groups excluding carboxylic acids is 1. The number of nitrogens with zero attached hydrogens (tertiary/aromatic N) is 4. The van der Waals surface area contributed by atoms with Crippen LogP contribution in [0.1, 0.15) is 42.9 Å². The molecule has 1 spiro atoms. The standard InChI is InChI=1S/C30H26F2N4O3/c31-19-8-7-18-24(25(19)32)21-6-3-13-33(21)20-5-2-1-4-17(20)26(18)36-23-16-30(10-11-30)12-15-34(23)29(39)27-28(38)22(37)9-14-35(27)36/h1-9,13-14,22-23,26,37-38H,10-12,15-16H2/t22?,23-,26-/m1/s1. The van der Waals surface area contributed by atoms with E-state index in [4.69, 9.17) is 0 Å². The minimum Gasteiger partial charge on any atom is -0.507 e. The van der Waals surface area contributed by atoms with Crippen LogP contribution >= 0.6 is 0 Å². The van der Waals surface area contributed by atoms with Gasteiger partial charge in [0.15, 0.2) is 23.1 Å². The van der Waals surface area contributed by atoms with Gasteiger partial charge in [-0.25, -0.2) is 8.78 Å². The van der Waals surface area contributed by atoms with Crippen LogP contribution < -0.4 is 0 Å². The summed E-state index contributed by atoms with van der Waals surface area (Å²) in [6, 6.07) is 13.5. The van der Waals surface area contributed by atoms with Crippen molar-refractivity contribution in [1.29, 1.82) is 0 Å². The summed E-state index contributed by atoms with van der Waals surface area (Å²) in [6.07, 6.45) is 6.96. The maximum absolute atomic E-state index is 15.8. The molecule has 3 fully saturated rings. The van der Waals surface area contributed by atoms with Crippen LogP contribution in [-0.2, 0) is 4.79 Å². The van der Waals surface area contributed by atoms with Crippen LogP contribution in [0.3, 0.4) is 0 Å². The Kier molecular flexibility index (Phi) is 4.60. The number of hydrogen-bond donors (Lipinski definition) is 2. The number of hydrazine groups is 1. The third-order valence-electron chi connectivity index (χ3n) is 9.18. The molecule has 8 rings (SSSR count). The number of aliphatic hydroxyl groups is 2. The molecule has 2 N–H and O–H groups in total. The number of amides is 1. The maximum atomic E-state index is 15.8.